The zero-order chi connectivity index (χ0) is 18.8. The van der Waals surface area contributed by atoms with E-state index in [9.17, 15) is 14.0 Å². The lowest BCUT2D eigenvalue weighted by Crippen LogP contribution is -2.41. The number of nitrogens with one attached hydrogen (secondary N) is 1. The van der Waals surface area contributed by atoms with Gasteiger partial charge in [-0.05, 0) is 30.2 Å². The Balaban J connectivity index is 1.73. The Kier molecular flexibility index (Phi) is 7.76. The molecule has 26 heavy (non-hydrogen) atoms. The molecule has 0 radical (unpaired) electrons. The van der Waals surface area contributed by atoms with Crippen molar-refractivity contribution in [3.8, 4) is 0 Å². The zero-order valence-electron chi connectivity index (χ0n) is 14.8. The minimum atomic E-state index is -0.321. The highest BCUT2D eigenvalue weighted by Gasteiger charge is 2.15. The molecule has 2 aromatic carbocycles. The second-order valence-electron chi connectivity index (χ2n) is 5.79. The molecule has 0 saturated carbocycles. The molecule has 2 aromatic rings. The Morgan fingerprint density at radius 2 is 1.73 bits per heavy atom. The van der Waals surface area contributed by atoms with Gasteiger partial charge in [0, 0.05) is 13.1 Å². The smallest absolute Gasteiger partial charge is 0.249 e. The van der Waals surface area contributed by atoms with Crippen LogP contribution >= 0.6 is 0 Å². The lowest BCUT2D eigenvalue weighted by Gasteiger charge is -2.20. The number of halogens is 1. The van der Waals surface area contributed by atoms with Crippen LogP contribution in [-0.2, 0) is 27.5 Å². The second-order valence-corrected chi connectivity index (χ2v) is 5.79. The quantitative estimate of drug-likeness (QED) is 0.749. The molecule has 0 heterocycles. The Hall–Kier alpha value is -2.73. The molecule has 2 amide bonds. The maximum absolute atomic E-state index is 12.9. The molecule has 0 aliphatic heterocycles. The number of rotatable bonds is 9. The summed E-state index contributed by atoms with van der Waals surface area (Å²) in [5, 5.41) is 2.72. The molecule has 0 bridgehead atoms. The van der Waals surface area contributed by atoms with Gasteiger partial charge in [0.2, 0.25) is 11.8 Å². The van der Waals surface area contributed by atoms with Gasteiger partial charge in [0.05, 0.1) is 13.2 Å². The van der Waals surface area contributed by atoms with Gasteiger partial charge in [-0.2, -0.15) is 0 Å². The summed E-state index contributed by atoms with van der Waals surface area (Å²) in [5.41, 5.74) is 1.78. The average Bonchev–Trinajstić information content (AvgIpc) is 2.66. The van der Waals surface area contributed by atoms with E-state index in [1.54, 1.807) is 12.1 Å². The SMILES string of the molecule is CCN(CC(=O)NCc1ccc(F)cc1)C(=O)COCc1ccccc1. The van der Waals surface area contributed by atoms with Crippen molar-refractivity contribution in [3.63, 3.8) is 0 Å². The van der Waals surface area contributed by atoms with Gasteiger partial charge >= 0.3 is 0 Å². The number of hydrogen-bond acceptors (Lipinski definition) is 3. The first-order chi connectivity index (χ1) is 12.6. The van der Waals surface area contributed by atoms with Crippen molar-refractivity contribution in [2.24, 2.45) is 0 Å². The van der Waals surface area contributed by atoms with Crippen LogP contribution in [0.3, 0.4) is 0 Å². The van der Waals surface area contributed by atoms with Gasteiger partial charge in [0.15, 0.2) is 0 Å². The van der Waals surface area contributed by atoms with Gasteiger partial charge in [0.25, 0.3) is 0 Å². The fourth-order valence-corrected chi connectivity index (χ4v) is 2.33. The van der Waals surface area contributed by atoms with Crippen molar-refractivity contribution in [1.29, 1.82) is 0 Å². The van der Waals surface area contributed by atoms with E-state index in [-0.39, 0.29) is 37.3 Å². The van der Waals surface area contributed by atoms with Crippen molar-refractivity contribution < 1.29 is 18.7 Å². The molecule has 0 atom stereocenters. The number of nitrogens with zero attached hydrogens (tertiary/aromatic N) is 1. The molecule has 1 N–H and O–H groups in total. The first-order valence-corrected chi connectivity index (χ1v) is 8.49. The Morgan fingerprint density at radius 1 is 1.04 bits per heavy atom. The normalized spacial score (nSPS) is 10.4. The average molecular weight is 358 g/mol. The minimum absolute atomic E-state index is 0.0365. The van der Waals surface area contributed by atoms with Crippen LogP contribution < -0.4 is 5.32 Å². The number of amides is 2. The van der Waals surface area contributed by atoms with Crippen LogP contribution in [0.2, 0.25) is 0 Å². The van der Waals surface area contributed by atoms with Gasteiger partial charge in [0.1, 0.15) is 12.4 Å². The molecule has 0 aliphatic rings. The lowest BCUT2D eigenvalue weighted by atomic mass is 10.2. The third-order valence-electron chi connectivity index (χ3n) is 3.81. The van der Waals surface area contributed by atoms with Crippen molar-refractivity contribution in [2.45, 2.75) is 20.1 Å². The fourth-order valence-electron chi connectivity index (χ4n) is 2.33. The third-order valence-corrected chi connectivity index (χ3v) is 3.81. The number of likely N-dealkylation sites (N-methyl/N-ethyl adjacent to an activating group) is 1. The number of carbonyl (C=O) groups is 2. The number of carbonyl (C=O) groups excluding carboxylic acids is 2. The molecule has 0 fully saturated rings. The summed E-state index contributed by atoms with van der Waals surface area (Å²) in [5.74, 6) is -0.828. The van der Waals surface area contributed by atoms with Gasteiger partial charge in [-0.15, -0.1) is 0 Å². The van der Waals surface area contributed by atoms with Crippen LogP contribution in [-0.4, -0.2) is 36.4 Å². The summed E-state index contributed by atoms with van der Waals surface area (Å²) in [6, 6.07) is 15.5. The largest absolute Gasteiger partial charge is 0.367 e. The summed E-state index contributed by atoms with van der Waals surface area (Å²) < 4.78 is 18.3. The number of ether oxygens (including phenoxy) is 1. The van der Waals surface area contributed by atoms with Crippen molar-refractivity contribution in [1.82, 2.24) is 10.2 Å². The molecule has 0 saturated heterocycles. The first kappa shape index (κ1) is 19.6. The summed E-state index contributed by atoms with van der Waals surface area (Å²) in [7, 11) is 0. The molecule has 5 nitrogen and oxygen atoms in total. The third kappa shape index (κ3) is 6.64. The number of benzene rings is 2. The lowest BCUT2D eigenvalue weighted by molar-refractivity contribution is -0.140. The van der Waals surface area contributed by atoms with Crippen LogP contribution in [0.25, 0.3) is 0 Å². The Bertz CT molecular complexity index is 705. The van der Waals surface area contributed by atoms with Crippen LogP contribution in [0.1, 0.15) is 18.1 Å². The van der Waals surface area contributed by atoms with Gasteiger partial charge in [-0.25, -0.2) is 4.39 Å². The second kappa shape index (κ2) is 10.3. The molecule has 6 heteroatoms. The number of hydrogen-bond donors (Lipinski definition) is 1. The monoisotopic (exact) mass is 358 g/mol. The molecule has 0 aliphatic carbocycles. The van der Waals surface area contributed by atoms with Gasteiger partial charge in [-0.3, -0.25) is 9.59 Å². The van der Waals surface area contributed by atoms with Crippen LogP contribution in [0.4, 0.5) is 4.39 Å². The van der Waals surface area contributed by atoms with E-state index in [1.165, 1.54) is 17.0 Å². The minimum Gasteiger partial charge on any atom is -0.367 e. The van der Waals surface area contributed by atoms with E-state index < -0.39 is 0 Å². The summed E-state index contributed by atoms with van der Waals surface area (Å²) in [4.78, 5) is 25.7. The van der Waals surface area contributed by atoms with Crippen molar-refractivity contribution in [2.75, 3.05) is 19.7 Å². The summed E-state index contributed by atoms with van der Waals surface area (Å²) in [6.07, 6.45) is 0. The molecule has 0 spiro atoms. The van der Waals surface area contributed by atoms with Crippen LogP contribution in [0.15, 0.2) is 54.6 Å². The predicted octanol–water partition coefficient (Wildman–Crippen LogP) is 2.51. The Morgan fingerprint density at radius 3 is 2.38 bits per heavy atom. The highest BCUT2D eigenvalue weighted by molar-refractivity contribution is 5.85. The maximum Gasteiger partial charge on any atom is 0.249 e. The van der Waals surface area contributed by atoms with E-state index >= 15 is 0 Å². The van der Waals surface area contributed by atoms with E-state index in [0.717, 1.165) is 11.1 Å². The van der Waals surface area contributed by atoms with E-state index in [2.05, 4.69) is 5.32 Å². The fraction of sp³-hybridized carbons (Fsp3) is 0.300. The van der Waals surface area contributed by atoms with Gasteiger partial charge < -0.3 is 15.0 Å². The van der Waals surface area contributed by atoms with E-state index in [4.69, 9.17) is 4.74 Å². The van der Waals surface area contributed by atoms with Gasteiger partial charge in [-0.1, -0.05) is 42.5 Å². The molecule has 138 valence electrons. The highest BCUT2D eigenvalue weighted by atomic mass is 19.1. The van der Waals surface area contributed by atoms with Crippen LogP contribution in [0.5, 0.6) is 0 Å². The van der Waals surface area contributed by atoms with E-state index in [1.807, 2.05) is 37.3 Å². The topological polar surface area (TPSA) is 58.6 Å². The van der Waals surface area contributed by atoms with Crippen LogP contribution in [0, 0.1) is 5.82 Å². The summed E-state index contributed by atoms with van der Waals surface area (Å²) in [6.45, 7) is 2.75. The zero-order valence-corrected chi connectivity index (χ0v) is 14.8. The molecule has 0 unspecified atom stereocenters. The first-order valence-electron chi connectivity index (χ1n) is 8.49. The molecular weight excluding hydrogens is 335 g/mol. The van der Waals surface area contributed by atoms with Crippen molar-refractivity contribution >= 4 is 11.8 Å². The summed E-state index contributed by atoms with van der Waals surface area (Å²) >= 11 is 0. The molecule has 2 rings (SSSR count). The van der Waals surface area contributed by atoms with E-state index in [0.29, 0.717) is 13.2 Å². The standard InChI is InChI=1S/C20H23FN2O3/c1-2-23(20(25)15-26-14-17-6-4-3-5-7-17)13-19(24)22-12-16-8-10-18(21)11-9-16/h3-11H,2,12-15H2,1H3,(H,22,24). The Labute approximate surface area is 152 Å². The molecule has 0 aromatic heterocycles. The highest BCUT2D eigenvalue weighted by Crippen LogP contribution is 2.03. The predicted molar refractivity (Wildman–Crippen MR) is 96.6 cm³/mol. The maximum atomic E-state index is 12.9. The molecular formula is C20H23FN2O3. The van der Waals surface area contributed by atoms with Crippen molar-refractivity contribution in [3.05, 3.63) is 71.5 Å².